The number of hydrogen-bond acceptors (Lipinski definition) is 3. The van der Waals surface area contributed by atoms with E-state index in [0.29, 0.717) is 0 Å². The number of benzene rings is 3. The number of nitrogens with zero attached hydrogens (tertiary/aromatic N) is 2. The molecular weight excluding hydrogens is 404 g/mol. The minimum Gasteiger partial charge on any atom is -0.464 e. The van der Waals surface area contributed by atoms with Gasteiger partial charge >= 0.3 is 0 Å². The van der Waals surface area contributed by atoms with Gasteiger partial charge in [0.05, 0.1) is 12.0 Å². The zero-order valence-electron chi connectivity index (χ0n) is 19.1. The van der Waals surface area contributed by atoms with Crippen molar-refractivity contribution in [1.82, 2.24) is 4.90 Å². The molecule has 7 rings (SSSR count). The second kappa shape index (κ2) is 7.78. The van der Waals surface area contributed by atoms with Crippen molar-refractivity contribution >= 4 is 49.0 Å². The maximum atomic E-state index is 6.24. The van der Waals surface area contributed by atoms with Crippen LogP contribution in [0.3, 0.4) is 0 Å². The highest BCUT2D eigenvalue weighted by molar-refractivity contribution is 6.34. The van der Waals surface area contributed by atoms with Gasteiger partial charge in [-0.2, -0.15) is 0 Å². The van der Waals surface area contributed by atoms with Crippen LogP contribution < -0.4 is 4.90 Å². The molecule has 3 heterocycles. The molecule has 0 amide bonds. The van der Waals surface area contributed by atoms with E-state index in [1.54, 1.807) is 0 Å². The lowest BCUT2D eigenvalue weighted by Crippen LogP contribution is -2.46. The van der Waals surface area contributed by atoms with Crippen molar-refractivity contribution in [2.75, 3.05) is 31.1 Å². The van der Waals surface area contributed by atoms with Crippen LogP contribution in [0, 0.1) is 0 Å². The molecule has 0 atom stereocenters. The number of hydrogen-bond donors (Lipinski definition) is 0. The molecule has 2 aliphatic heterocycles. The minimum atomic E-state index is 0.753. The predicted molar refractivity (Wildman–Crippen MR) is 139 cm³/mol. The van der Waals surface area contributed by atoms with Crippen LogP contribution in [0.2, 0.25) is 0 Å². The predicted octanol–water partition coefficient (Wildman–Crippen LogP) is 7.35. The van der Waals surface area contributed by atoms with Crippen LogP contribution in [0.5, 0.6) is 0 Å². The summed E-state index contributed by atoms with van der Waals surface area (Å²) in [5, 5.41) is 9.10. The highest BCUT2D eigenvalue weighted by Gasteiger charge is 2.27. The van der Waals surface area contributed by atoms with Crippen LogP contribution >= 0.6 is 0 Å². The first-order valence-corrected chi connectivity index (χ1v) is 12.6. The topological polar surface area (TPSA) is 19.6 Å². The van der Waals surface area contributed by atoms with E-state index >= 15 is 0 Å². The summed E-state index contributed by atoms with van der Waals surface area (Å²) in [4.78, 5) is 5.37. The number of fused-ring (bicyclic) bond motifs is 8. The lowest BCUT2D eigenvalue weighted by molar-refractivity contribution is 0.141. The van der Waals surface area contributed by atoms with Crippen LogP contribution in [0.15, 0.2) is 71.3 Å². The number of anilines is 1. The quantitative estimate of drug-likeness (QED) is 0.271. The van der Waals surface area contributed by atoms with Gasteiger partial charge in [0.1, 0.15) is 5.58 Å². The standard InChI is InChI=1S/C30H30N2O/c1-6-15-31(16-7-1)22-12-17-32(18-13-22)27-14-19-33-30-25-11-5-4-10-24(25)28-23-9-3-2-8-21(23)20-26(28)29(27)30/h2-5,8-11,14,19-20,22H,1,6-7,12-13,15-18H2. The summed E-state index contributed by atoms with van der Waals surface area (Å²) in [5.74, 6) is 0. The molecule has 3 heteroatoms. The number of piperidine rings is 2. The molecule has 5 aromatic rings. The molecule has 0 radical (unpaired) electrons. The van der Waals surface area contributed by atoms with Gasteiger partial charge in [-0.15, -0.1) is 0 Å². The summed E-state index contributed by atoms with van der Waals surface area (Å²) in [6.45, 7) is 4.83. The summed E-state index contributed by atoms with van der Waals surface area (Å²) in [5.41, 5.74) is 2.35. The lowest BCUT2D eigenvalue weighted by atomic mass is 9.96. The molecular formula is C30H30N2O. The van der Waals surface area contributed by atoms with Crippen molar-refractivity contribution in [3.63, 3.8) is 0 Å². The van der Waals surface area contributed by atoms with Crippen molar-refractivity contribution in [2.45, 2.75) is 38.1 Å². The molecule has 4 aromatic carbocycles. The average molecular weight is 435 g/mol. The van der Waals surface area contributed by atoms with Crippen molar-refractivity contribution in [2.24, 2.45) is 0 Å². The highest BCUT2D eigenvalue weighted by atomic mass is 16.3. The molecule has 33 heavy (non-hydrogen) atoms. The Morgan fingerprint density at radius 3 is 2.21 bits per heavy atom. The van der Waals surface area contributed by atoms with Gasteiger partial charge in [-0.3, -0.25) is 0 Å². The van der Waals surface area contributed by atoms with E-state index < -0.39 is 0 Å². The monoisotopic (exact) mass is 434 g/mol. The average Bonchev–Trinajstić information content (AvgIpc) is 3.29. The Labute approximate surface area is 194 Å². The molecule has 1 aromatic heterocycles. The smallest absolute Gasteiger partial charge is 0.144 e. The molecule has 0 saturated carbocycles. The van der Waals surface area contributed by atoms with E-state index in [0.717, 1.165) is 24.7 Å². The summed E-state index contributed by atoms with van der Waals surface area (Å²) >= 11 is 0. The summed E-state index contributed by atoms with van der Waals surface area (Å²) in [7, 11) is 0. The molecule has 0 N–H and O–H groups in total. The van der Waals surface area contributed by atoms with Crippen LogP contribution in [-0.4, -0.2) is 37.1 Å². The molecule has 2 fully saturated rings. The van der Waals surface area contributed by atoms with E-state index in [1.165, 1.54) is 88.6 Å². The molecule has 0 unspecified atom stereocenters. The van der Waals surface area contributed by atoms with Crippen LogP contribution in [0.1, 0.15) is 32.1 Å². The number of likely N-dealkylation sites (tertiary alicyclic amines) is 1. The summed E-state index contributed by atoms with van der Waals surface area (Å²) in [6, 6.07) is 22.9. The Balaban J connectivity index is 1.39. The normalized spacial score (nSPS) is 18.7. The fourth-order valence-corrected chi connectivity index (χ4v) is 6.51. The number of rotatable bonds is 2. The first kappa shape index (κ1) is 19.4. The molecule has 0 spiro atoms. The van der Waals surface area contributed by atoms with Crippen molar-refractivity contribution < 1.29 is 4.42 Å². The molecule has 0 bridgehead atoms. The Bertz CT molecular complexity index is 1470. The van der Waals surface area contributed by atoms with Gasteiger partial charge in [0.15, 0.2) is 0 Å². The van der Waals surface area contributed by atoms with E-state index in [9.17, 15) is 0 Å². The van der Waals surface area contributed by atoms with Crippen molar-refractivity contribution in [3.8, 4) is 0 Å². The molecule has 3 nitrogen and oxygen atoms in total. The third kappa shape index (κ3) is 3.06. The third-order valence-electron chi connectivity index (χ3n) is 8.12. The Morgan fingerprint density at radius 1 is 0.667 bits per heavy atom. The molecule has 2 saturated heterocycles. The van der Waals surface area contributed by atoms with E-state index in [2.05, 4.69) is 70.5 Å². The SMILES string of the molecule is c1ccc2c(c1)cc1c3c(N4CCC(N5CCCCC5)CC4)ccoc3c3ccccc3c21. The van der Waals surface area contributed by atoms with Gasteiger partial charge in [0.25, 0.3) is 0 Å². The zero-order chi connectivity index (χ0) is 21.8. The van der Waals surface area contributed by atoms with Crippen molar-refractivity contribution in [1.29, 1.82) is 0 Å². The van der Waals surface area contributed by atoms with Crippen LogP contribution in [-0.2, 0) is 0 Å². The van der Waals surface area contributed by atoms with E-state index in [4.69, 9.17) is 4.42 Å². The molecule has 2 aliphatic rings. The summed E-state index contributed by atoms with van der Waals surface area (Å²) < 4.78 is 6.24. The maximum absolute atomic E-state index is 6.24. The lowest BCUT2D eigenvalue weighted by Gasteiger charge is -2.41. The Hall–Kier alpha value is -3.04. The van der Waals surface area contributed by atoms with E-state index in [1.807, 2.05) is 6.26 Å². The first-order valence-electron chi connectivity index (χ1n) is 12.6. The minimum absolute atomic E-state index is 0.753. The first-order chi connectivity index (χ1) is 16.4. The Kier molecular flexibility index (Phi) is 4.58. The van der Waals surface area contributed by atoms with E-state index in [-0.39, 0.29) is 0 Å². The zero-order valence-corrected chi connectivity index (χ0v) is 19.1. The largest absolute Gasteiger partial charge is 0.464 e. The van der Waals surface area contributed by atoms with Crippen LogP contribution in [0.25, 0.3) is 43.3 Å². The van der Waals surface area contributed by atoms with Gasteiger partial charge in [-0.05, 0) is 77.8 Å². The maximum Gasteiger partial charge on any atom is 0.144 e. The highest BCUT2D eigenvalue weighted by Crippen LogP contribution is 2.44. The fraction of sp³-hybridized carbons (Fsp3) is 0.333. The van der Waals surface area contributed by atoms with Gasteiger partial charge < -0.3 is 14.2 Å². The van der Waals surface area contributed by atoms with Gasteiger partial charge in [-0.1, -0.05) is 55.0 Å². The molecule has 0 aliphatic carbocycles. The Morgan fingerprint density at radius 2 is 1.39 bits per heavy atom. The summed E-state index contributed by atoms with van der Waals surface area (Å²) in [6.07, 6.45) is 8.57. The third-order valence-corrected chi connectivity index (χ3v) is 8.12. The fourth-order valence-electron chi connectivity index (χ4n) is 6.51. The van der Waals surface area contributed by atoms with Gasteiger partial charge in [0.2, 0.25) is 0 Å². The second-order valence-corrected chi connectivity index (χ2v) is 9.89. The molecule has 166 valence electrons. The second-order valence-electron chi connectivity index (χ2n) is 9.89. The van der Waals surface area contributed by atoms with Gasteiger partial charge in [0, 0.05) is 29.9 Å². The van der Waals surface area contributed by atoms with Crippen LogP contribution in [0.4, 0.5) is 5.69 Å². The van der Waals surface area contributed by atoms with Gasteiger partial charge in [-0.25, -0.2) is 0 Å². The van der Waals surface area contributed by atoms with Crippen molar-refractivity contribution in [3.05, 3.63) is 66.9 Å².